The summed E-state index contributed by atoms with van der Waals surface area (Å²) in [5.74, 6) is 0.995. The van der Waals surface area contributed by atoms with E-state index in [0.29, 0.717) is 22.3 Å². The highest BCUT2D eigenvalue weighted by atomic mass is 35.5. The second-order valence-corrected chi connectivity index (χ2v) is 8.19. The van der Waals surface area contributed by atoms with Gasteiger partial charge >= 0.3 is 0 Å². The Balaban J connectivity index is 1.95. The van der Waals surface area contributed by atoms with Gasteiger partial charge in [-0.15, -0.1) is 0 Å². The standard InChI is InChI=1S/C26H24ClN3O/c1-17(2)22-15-20(19-9-5-4-6-10-19)13-14-25(22)30-16-24(18(3)29-31)28-26(30)21-11-7-8-12-23(21)27/h4-17,31H,1-3H3. The van der Waals surface area contributed by atoms with Crippen LogP contribution in [0.5, 0.6) is 0 Å². The van der Waals surface area contributed by atoms with Crippen molar-refractivity contribution in [2.24, 2.45) is 5.16 Å². The maximum absolute atomic E-state index is 9.30. The van der Waals surface area contributed by atoms with E-state index in [9.17, 15) is 5.21 Å². The average molecular weight is 430 g/mol. The van der Waals surface area contributed by atoms with Crippen molar-refractivity contribution >= 4 is 17.3 Å². The van der Waals surface area contributed by atoms with E-state index >= 15 is 0 Å². The van der Waals surface area contributed by atoms with E-state index in [2.05, 4.69) is 49.3 Å². The first-order valence-electron chi connectivity index (χ1n) is 10.2. The van der Waals surface area contributed by atoms with Gasteiger partial charge in [-0.1, -0.05) is 79.1 Å². The zero-order valence-electron chi connectivity index (χ0n) is 17.7. The number of aromatic nitrogens is 2. The van der Waals surface area contributed by atoms with Crippen LogP contribution < -0.4 is 0 Å². The second-order valence-electron chi connectivity index (χ2n) is 7.78. The van der Waals surface area contributed by atoms with Crippen molar-refractivity contribution in [1.29, 1.82) is 0 Å². The summed E-state index contributed by atoms with van der Waals surface area (Å²) in [6, 6.07) is 24.5. The molecule has 0 radical (unpaired) electrons. The molecule has 0 aliphatic heterocycles. The Kier molecular flexibility index (Phi) is 5.92. The molecule has 0 saturated heterocycles. The minimum Gasteiger partial charge on any atom is -0.411 e. The number of oxime groups is 1. The highest BCUT2D eigenvalue weighted by molar-refractivity contribution is 6.33. The summed E-state index contributed by atoms with van der Waals surface area (Å²) in [6.07, 6.45) is 1.90. The van der Waals surface area contributed by atoms with E-state index in [1.807, 2.05) is 53.2 Å². The van der Waals surface area contributed by atoms with Gasteiger partial charge in [0.15, 0.2) is 0 Å². The Morgan fingerprint density at radius 3 is 2.35 bits per heavy atom. The van der Waals surface area contributed by atoms with Crippen LogP contribution >= 0.6 is 11.6 Å². The zero-order chi connectivity index (χ0) is 22.0. The molecule has 0 aliphatic carbocycles. The summed E-state index contributed by atoms with van der Waals surface area (Å²) in [4.78, 5) is 4.76. The number of hydrogen-bond donors (Lipinski definition) is 1. The van der Waals surface area contributed by atoms with Crippen LogP contribution in [0.15, 0.2) is 84.1 Å². The van der Waals surface area contributed by atoms with Gasteiger partial charge in [-0.3, -0.25) is 4.57 Å². The monoisotopic (exact) mass is 429 g/mol. The first-order valence-corrected chi connectivity index (χ1v) is 10.6. The summed E-state index contributed by atoms with van der Waals surface area (Å²) < 4.78 is 2.04. The van der Waals surface area contributed by atoms with Crippen LogP contribution in [0.3, 0.4) is 0 Å². The zero-order valence-corrected chi connectivity index (χ0v) is 18.5. The molecule has 0 aliphatic rings. The van der Waals surface area contributed by atoms with Crippen molar-refractivity contribution in [1.82, 2.24) is 9.55 Å². The van der Waals surface area contributed by atoms with Gasteiger partial charge < -0.3 is 5.21 Å². The van der Waals surface area contributed by atoms with Crippen molar-refractivity contribution in [3.8, 4) is 28.2 Å². The quantitative estimate of drug-likeness (QED) is 0.207. The molecule has 0 bridgehead atoms. The third-order valence-electron chi connectivity index (χ3n) is 5.36. The van der Waals surface area contributed by atoms with Gasteiger partial charge in [0.2, 0.25) is 0 Å². The largest absolute Gasteiger partial charge is 0.411 e. The number of hydrogen-bond acceptors (Lipinski definition) is 3. The molecule has 1 heterocycles. The minimum absolute atomic E-state index is 0.288. The number of rotatable bonds is 5. The average Bonchev–Trinajstić information content (AvgIpc) is 3.24. The van der Waals surface area contributed by atoms with Crippen LogP contribution in [-0.4, -0.2) is 20.5 Å². The van der Waals surface area contributed by atoms with Gasteiger partial charge in [0, 0.05) is 11.8 Å². The molecule has 156 valence electrons. The smallest absolute Gasteiger partial charge is 0.146 e. The number of imidazole rings is 1. The van der Waals surface area contributed by atoms with Crippen LogP contribution in [-0.2, 0) is 0 Å². The molecule has 3 aromatic carbocycles. The Bertz CT molecular complexity index is 1240. The van der Waals surface area contributed by atoms with Crippen molar-refractivity contribution in [2.45, 2.75) is 26.7 Å². The van der Waals surface area contributed by atoms with E-state index in [-0.39, 0.29) is 5.92 Å². The molecule has 1 aromatic heterocycles. The Labute approximate surface area is 187 Å². The van der Waals surface area contributed by atoms with Crippen LogP contribution in [0.25, 0.3) is 28.2 Å². The van der Waals surface area contributed by atoms with Gasteiger partial charge in [0.05, 0.1) is 10.7 Å². The molecule has 0 fully saturated rings. The SMILES string of the molecule is CC(=NO)c1cn(-c2ccc(-c3ccccc3)cc2C(C)C)c(-c2ccccc2Cl)n1. The number of halogens is 1. The first-order chi connectivity index (χ1) is 15.0. The molecule has 0 saturated carbocycles. The lowest BCUT2D eigenvalue weighted by Gasteiger charge is -2.18. The topological polar surface area (TPSA) is 50.4 Å². The summed E-state index contributed by atoms with van der Waals surface area (Å²) in [7, 11) is 0. The lowest BCUT2D eigenvalue weighted by molar-refractivity contribution is 0.319. The lowest BCUT2D eigenvalue weighted by Crippen LogP contribution is -2.03. The Morgan fingerprint density at radius 1 is 0.968 bits per heavy atom. The molecular formula is C26H24ClN3O. The maximum Gasteiger partial charge on any atom is 0.146 e. The number of benzene rings is 3. The molecule has 1 N–H and O–H groups in total. The maximum atomic E-state index is 9.30. The van der Waals surface area contributed by atoms with Crippen LogP contribution in [0, 0.1) is 0 Å². The molecular weight excluding hydrogens is 406 g/mol. The lowest BCUT2D eigenvalue weighted by atomic mass is 9.95. The van der Waals surface area contributed by atoms with Gasteiger partial charge in [0.25, 0.3) is 0 Å². The molecule has 5 heteroatoms. The normalized spacial score (nSPS) is 11.8. The second kappa shape index (κ2) is 8.78. The summed E-state index contributed by atoms with van der Waals surface area (Å²) >= 11 is 6.52. The van der Waals surface area contributed by atoms with Crippen molar-refractivity contribution in [3.63, 3.8) is 0 Å². The van der Waals surface area contributed by atoms with Gasteiger partial charge in [-0.25, -0.2) is 4.98 Å². The molecule has 4 rings (SSSR count). The first kappa shape index (κ1) is 20.9. The highest BCUT2D eigenvalue weighted by Crippen LogP contribution is 2.34. The van der Waals surface area contributed by atoms with Crippen LogP contribution in [0.4, 0.5) is 0 Å². The van der Waals surface area contributed by atoms with Gasteiger partial charge in [0.1, 0.15) is 17.2 Å². The van der Waals surface area contributed by atoms with Crippen LogP contribution in [0.1, 0.15) is 37.9 Å². The van der Waals surface area contributed by atoms with Crippen molar-refractivity contribution < 1.29 is 5.21 Å². The van der Waals surface area contributed by atoms with E-state index < -0.39 is 0 Å². The van der Waals surface area contributed by atoms with E-state index in [1.54, 1.807) is 6.92 Å². The Morgan fingerprint density at radius 2 is 1.68 bits per heavy atom. The summed E-state index contributed by atoms with van der Waals surface area (Å²) in [5, 5.41) is 13.3. The van der Waals surface area contributed by atoms with E-state index in [1.165, 1.54) is 16.7 Å². The van der Waals surface area contributed by atoms with Crippen LogP contribution in [0.2, 0.25) is 5.02 Å². The fraction of sp³-hybridized carbons (Fsp3) is 0.154. The fourth-order valence-corrected chi connectivity index (χ4v) is 3.89. The van der Waals surface area contributed by atoms with Gasteiger partial charge in [-0.05, 0) is 53.8 Å². The predicted molar refractivity (Wildman–Crippen MR) is 128 cm³/mol. The molecule has 0 amide bonds. The van der Waals surface area contributed by atoms with Crippen molar-refractivity contribution in [3.05, 3.63) is 95.3 Å². The minimum atomic E-state index is 0.288. The van der Waals surface area contributed by atoms with E-state index in [4.69, 9.17) is 16.6 Å². The molecule has 4 aromatic rings. The molecule has 0 atom stereocenters. The highest BCUT2D eigenvalue weighted by Gasteiger charge is 2.19. The third kappa shape index (κ3) is 4.12. The summed E-state index contributed by atoms with van der Waals surface area (Å²) in [5.41, 5.74) is 6.42. The summed E-state index contributed by atoms with van der Waals surface area (Å²) in [6.45, 7) is 6.09. The number of nitrogens with zero attached hydrogens (tertiary/aromatic N) is 3. The predicted octanol–water partition coefficient (Wildman–Crippen LogP) is 7.18. The Hall–Kier alpha value is -3.37. The van der Waals surface area contributed by atoms with Gasteiger partial charge in [-0.2, -0.15) is 0 Å². The molecule has 0 unspecified atom stereocenters. The molecule has 4 nitrogen and oxygen atoms in total. The van der Waals surface area contributed by atoms with Crippen molar-refractivity contribution in [2.75, 3.05) is 0 Å². The molecule has 31 heavy (non-hydrogen) atoms. The molecule has 0 spiro atoms. The fourth-order valence-electron chi connectivity index (χ4n) is 3.67. The third-order valence-corrected chi connectivity index (χ3v) is 5.69. The van der Waals surface area contributed by atoms with E-state index in [0.717, 1.165) is 11.3 Å².